The molecule has 1 saturated heterocycles. The van der Waals surface area contributed by atoms with Gasteiger partial charge in [-0.25, -0.2) is 8.42 Å². The molecule has 0 bridgehead atoms. The Bertz CT molecular complexity index is 701. The van der Waals surface area contributed by atoms with Crippen molar-refractivity contribution >= 4 is 33.8 Å². The predicted octanol–water partition coefficient (Wildman–Crippen LogP) is 2.27. The molecule has 142 valence electrons. The number of nitrogens with two attached hydrogens (primary N) is 1. The van der Waals surface area contributed by atoms with Crippen LogP contribution in [0.15, 0.2) is 24.3 Å². The van der Waals surface area contributed by atoms with E-state index in [9.17, 15) is 13.2 Å². The average molecular weight is 391 g/mol. The van der Waals surface area contributed by atoms with Crippen molar-refractivity contribution in [2.45, 2.75) is 56.3 Å². The highest BCUT2D eigenvalue weighted by molar-refractivity contribution is 7.91. The Balaban J connectivity index is 0.00000312. The molecule has 0 spiro atoms. The molecule has 25 heavy (non-hydrogen) atoms. The zero-order valence-corrected chi connectivity index (χ0v) is 16.5. The maximum absolute atomic E-state index is 12.3. The molecule has 1 aromatic carbocycles. The maximum Gasteiger partial charge on any atom is 0.253 e. The maximum atomic E-state index is 12.3. The van der Waals surface area contributed by atoms with Crippen molar-refractivity contribution in [2.24, 2.45) is 5.73 Å². The smallest absolute Gasteiger partial charge is 0.253 e. The number of anilines is 1. The highest BCUT2D eigenvalue weighted by Gasteiger charge is 2.31. The lowest BCUT2D eigenvalue weighted by Crippen LogP contribution is -2.30. The Morgan fingerprint density at radius 1 is 1.32 bits per heavy atom. The first kappa shape index (κ1) is 21.9. The highest BCUT2D eigenvalue weighted by Crippen LogP contribution is 2.23. The summed E-state index contributed by atoms with van der Waals surface area (Å²) in [6.45, 7) is 5.45. The number of benzene rings is 1. The molecule has 1 aliphatic rings. The number of halogens is 1. The highest BCUT2D eigenvalue weighted by atomic mass is 35.5. The lowest BCUT2D eigenvalue weighted by molar-refractivity contribution is -0.126. The van der Waals surface area contributed by atoms with Crippen LogP contribution in [0.2, 0.25) is 0 Å². The summed E-state index contributed by atoms with van der Waals surface area (Å²) >= 11 is 0. The van der Waals surface area contributed by atoms with Gasteiger partial charge in [-0.2, -0.15) is 0 Å². The van der Waals surface area contributed by atoms with Gasteiger partial charge < -0.3 is 15.8 Å². The summed E-state index contributed by atoms with van der Waals surface area (Å²) in [4.78, 5) is 12.2. The number of rotatable bonds is 5. The number of ether oxygens (including phenoxy) is 1. The molecule has 3 N–H and O–H groups in total. The number of carbonyl (C=O) groups excluding carboxylic acids is 1. The summed E-state index contributed by atoms with van der Waals surface area (Å²) in [7, 11) is -3.27. The first-order chi connectivity index (χ1) is 11.1. The molecule has 6 nitrogen and oxygen atoms in total. The van der Waals surface area contributed by atoms with Gasteiger partial charge in [0.2, 0.25) is 0 Å². The molecule has 1 aromatic rings. The third-order valence-electron chi connectivity index (χ3n) is 4.15. The second-order valence-corrected chi connectivity index (χ2v) is 9.86. The van der Waals surface area contributed by atoms with Gasteiger partial charge in [-0.15, -0.1) is 12.4 Å². The topological polar surface area (TPSA) is 98.5 Å². The molecule has 2 atom stereocenters. The van der Waals surface area contributed by atoms with E-state index in [4.69, 9.17) is 10.5 Å². The van der Waals surface area contributed by atoms with Gasteiger partial charge in [0.1, 0.15) is 6.10 Å². The van der Waals surface area contributed by atoms with Crippen LogP contribution in [0, 0.1) is 0 Å². The molecule has 0 aliphatic carbocycles. The molecule has 1 amide bonds. The van der Waals surface area contributed by atoms with Gasteiger partial charge >= 0.3 is 0 Å². The summed E-state index contributed by atoms with van der Waals surface area (Å²) in [6.07, 6.45) is 0.856. The van der Waals surface area contributed by atoms with E-state index >= 15 is 0 Å². The fourth-order valence-electron chi connectivity index (χ4n) is 2.47. The molecule has 0 saturated carbocycles. The third kappa shape index (κ3) is 5.67. The van der Waals surface area contributed by atoms with Crippen LogP contribution in [-0.4, -0.2) is 37.8 Å². The Kier molecular flexibility index (Phi) is 7.43. The van der Waals surface area contributed by atoms with Crippen LogP contribution in [0.3, 0.4) is 0 Å². The average Bonchev–Trinajstić information content (AvgIpc) is 2.95. The van der Waals surface area contributed by atoms with E-state index in [1.807, 2.05) is 0 Å². The quantitative estimate of drug-likeness (QED) is 0.803. The second kappa shape index (κ2) is 8.49. The van der Waals surface area contributed by atoms with E-state index in [-0.39, 0.29) is 30.2 Å². The Hall–Kier alpha value is -1.15. The van der Waals surface area contributed by atoms with Crippen molar-refractivity contribution in [3.05, 3.63) is 29.8 Å². The largest absolute Gasteiger partial charge is 0.364 e. The van der Waals surface area contributed by atoms with E-state index in [1.54, 1.807) is 45.0 Å². The molecule has 0 radical (unpaired) electrons. The molecule has 1 heterocycles. The number of hydrogen-bond donors (Lipinski definition) is 2. The van der Waals surface area contributed by atoms with Gasteiger partial charge in [0.05, 0.1) is 16.6 Å². The Labute approximate surface area is 155 Å². The van der Waals surface area contributed by atoms with Crippen molar-refractivity contribution in [1.29, 1.82) is 0 Å². The van der Waals surface area contributed by atoms with Crippen LogP contribution >= 0.6 is 12.4 Å². The Morgan fingerprint density at radius 2 is 2.00 bits per heavy atom. The van der Waals surface area contributed by atoms with Crippen LogP contribution in [0.25, 0.3) is 0 Å². The van der Waals surface area contributed by atoms with Gasteiger partial charge in [-0.05, 0) is 51.3 Å². The molecule has 1 aliphatic heterocycles. The minimum atomic E-state index is -3.27. The van der Waals surface area contributed by atoms with E-state index in [2.05, 4.69) is 5.32 Å². The summed E-state index contributed by atoms with van der Waals surface area (Å²) in [5.41, 5.74) is 6.77. The standard InChI is InChI=1S/C17H26N2O4S.ClH/c1-17(2,3)24(21,22)11-12-5-4-6-13(9-12)19-16(20)15-8-7-14(10-18)23-15;/h4-6,9,14-15H,7-8,10-11,18H2,1-3H3,(H,19,20);1H/t14-,15+;/m1./s1. The van der Waals surface area contributed by atoms with Crippen molar-refractivity contribution in [2.75, 3.05) is 11.9 Å². The summed E-state index contributed by atoms with van der Waals surface area (Å²) in [6, 6.07) is 6.91. The molecule has 0 aromatic heterocycles. The van der Waals surface area contributed by atoms with E-state index in [1.165, 1.54) is 0 Å². The third-order valence-corrected chi connectivity index (χ3v) is 6.73. The van der Waals surface area contributed by atoms with Gasteiger partial charge in [-0.3, -0.25) is 4.79 Å². The fraction of sp³-hybridized carbons (Fsp3) is 0.588. The van der Waals surface area contributed by atoms with Crippen molar-refractivity contribution in [3.63, 3.8) is 0 Å². The second-order valence-electron chi connectivity index (χ2n) is 7.12. The van der Waals surface area contributed by atoms with Crippen molar-refractivity contribution < 1.29 is 17.9 Å². The molecular weight excluding hydrogens is 364 g/mol. The summed E-state index contributed by atoms with van der Waals surface area (Å²) in [5, 5.41) is 2.79. The minimum absolute atomic E-state index is 0. The normalized spacial score (nSPS) is 20.8. The zero-order valence-electron chi connectivity index (χ0n) is 14.8. The lowest BCUT2D eigenvalue weighted by atomic mass is 10.1. The first-order valence-corrected chi connectivity index (χ1v) is 9.75. The monoisotopic (exact) mass is 390 g/mol. The number of hydrogen-bond acceptors (Lipinski definition) is 5. The van der Waals surface area contributed by atoms with Crippen molar-refractivity contribution in [1.82, 2.24) is 0 Å². The van der Waals surface area contributed by atoms with Crippen LogP contribution in [-0.2, 0) is 25.1 Å². The summed E-state index contributed by atoms with van der Waals surface area (Å²) in [5.74, 6) is -0.281. The van der Waals surface area contributed by atoms with Crippen LogP contribution in [0.4, 0.5) is 5.69 Å². The van der Waals surface area contributed by atoms with Gasteiger partial charge in [-0.1, -0.05) is 12.1 Å². The number of amides is 1. The van der Waals surface area contributed by atoms with E-state index in [0.717, 1.165) is 6.42 Å². The van der Waals surface area contributed by atoms with Crippen LogP contribution in [0.5, 0.6) is 0 Å². The minimum Gasteiger partial charge on any atom is -0.364 e. The molecular formula is C17H27ClN2O4S. The molecule has 2 rings (SSSR count). The van der Waals surface area contributed by atoms with E-state index in [0.29, 0.717) is 24.2 Å². The van der Waals surface area contributed by atoms with Crippen LogP contribution < -0.4 is 11.1 Å². The molecule has 8 heteroatoms. The first-order valence-electron chi connectivity index (χ1n) is 8.10. The van der Waals surface area contributed by atoms with Gasteiger partial charge in [0.25, 0.3) is 5.91 Å². The number of sulfone groups is 1. The number of nitrogens with one attached hydrogen (secondary N) is 1. The number of carbonyl (C=O) groups is 1. The van der Waals surface area contributed by atoms with Crippen LogP contribution in [0.1, 0.15) is 39.2 Å². The zero-order chi connectivity index (χ0) is 18.0. The van der Waals surface area contributed by atoms with E-state index < -0.39 is 20.7 Å². The SMILES string of the molecule is CC(C)(C)S(=O)(=O)Cc1cccc(NC(=O)[C@@H]2CC[C@H](CN)O2)c1.Cl. The molecule has 0 unspecified atom stereocenters. The summed E-state index contributed by atoms with van der Waals surface area (Å²) < 4.78 is 29.4. The molecule has 1 fully saturated rings. The predicted molar refractivity (Wildman–Crippen MR) is 102 cm³/mol. The lowest BCUT2D eigenvalue weighted by Gasteiger charge is -2.19. The van der Waals surface area contributed by atoms with Crippen molar-refractivity contribution in [3.8, 4) is 0 Å². The van der Waals surface area contributed by atoms with Gasteiger partial charge in [0.15, 0.2) is 9.84 Å². The fourth-order valence-corrected chi connectivity index (χ4v) is 3.52. The van der Waals surface area contributed by atoms with Gasteiger partial charge in [0, 0.05) is 12.2 Å². The Morgan fingerprint density at radius 3 is 2.56 bits per heavy atom.